The Morgan fingerprint density at radius 3 is 2.29 bits per heavy atom. The van der Waals surface area contributed by atoms with Crippen LogP contribution in [0.3, 0.4) is 0 Å². The van der Waals surface area contributed by atoms with E-state index in [1.165, 1.54) is 7.11 Å². The van der Waals surface area contributed by atoms with Crippen molar-refractivity contribution in [3.63, 3.8) is 0 Å². The number of ether oxygens (including phenoxy) is 3. The summed E-state index contributed by atoms with van der Waals surface area (Å²) in [5, 5.41) is 7.74. The average Bonchev–Trinajstić information content (AvgIpc) is 3.84. The minimum atomic E-state index is -0.485. The Hall–Kier alpha value is -5.71. The Morgan fingerprint density at radius 1 is 0.881 bits per heavy atom. The van der Waals surface area contributed by atoms with Gasteiger partial charge in [0.25, 0.3) is 5.91 Å². The molecule has 0 radical (unpaired) electrons. The molecular weight excluding hydrogens is 785 g/mol. The number of carbonyl (C=O) groups excluding carboxylic acids is 2. The lowest BCUT2D eigenvalue weighted by atomic mass is 9.98. The van der Waals surface area contributed by atoms with Gasteiger partial charge in [0, 0.05) is 59.3 Å². The summed E-state index contributed by atoms with van der Waals surface area (Å²) in [6, 6.07) is 23.2. The van der Waals surface area contributed by atoms with E-state index in [1.54, 1.807) is 10.6 Å². The highest BCUT2D eigenvalue weighted by Gasteiger charge is 2.38. The Balaban J connectivity index is 1.26. The first kappa shape index (κ1) is 40.1. The van der Waals surface area contributed by atoms with Crippen molar-refractivity contribution < 1.29 is 23.8 Å². The number of amides is 1. The van der Waals surface area contributed by atoms with Crippen molar-refractivity contribution in [3.05, 3.63) is 128 Å². The van der Waals surface area contributed by atoms with Gasteiger partial charge in [-0.05, 0) is 106 Å². The summed E-state index contributed by atoms with van der Waals surface area (Å²) in [5.41, 5.74) is 10.7. The zero-order valence-corrected chi connectivity index (χ0v) is 36.1. The van der Waals surface area contributed by atoms with Crippen molar-refractivity contribution in [2.75, 3.05) is 25.2 Å². The number of benzene rings is 4. The summed E-state index contributed by atoms with van der Waals surface area (Å²) in [6.07, 6.45) is 1.22. The molecule has 1 aliphatic rings. The van der Waals surface area contributed by atoms with Gasteiger partial charge in [0.05, 0.1) is 41.2 Å². The van der Waals surface area contributed by atoms with Crippen LogP contribution >= 0.6 is 23.2 Å². The molecule has 0 fully saturated rings. The second kappa shape index (κ2) is 15.8. The minimum Gasteiger partial charge on any atom is -0.494 e. The molecular formula is C47H47Cl2N5O5. The summed E-state index contributed by atoms with van der Waals surface area (Å²) in [6.45, 7) is 11.2. The molecule has 12 heteroatoms. The molecule has 1 atom stereocenters. The number of hydrogen-bond donors (Lipinski definition) is 0. The standard InChI is InChI=1S/C47H47Cl2N5O5/c1-26-21-32(22-27(2)42(26)49)58-20-12-15-33-34-16-17-36(48)41(40-29(4)50-52(7)30(40)5)44(34)54-28(3)24-53(46(55)45(33)54)37-18-19-39(59-25-31-13-10-9-11-14-31)35-23-38(47(56)57-8)51(6)43(35)37/h9-11,13-14,16-19,21-23,28H,12,15,20,24-25H2,1-8H3/t28-/m1/s1. The molecule has 59 heavy (non-hydrogen) atoms. The number of esters is 1. The van der Waals surface area contributed by atoms with Crippen LogP contribution in [0.2, 0.25) is 10.0 Å². The summed E-state index contributed by atoms with van der Waals surface area (Å²) in [7, 11) is 5.11. The lowest BCUT2D eigenvalue weighted by molar-refractivity contribution is 0.0590. The first-order valence-corrected chi connectivity index (χ1v) is 20.5. The molecule has 0 bridgehead atoms. The topological polar surface area (TPSA) is 92.8 Å². The number of halogens is 2. The Bertz CT molecular complexity index is 2780. The smallest absolute Gasteiger partial charge is 0.354 e. The SMILES string of the molecule is COC(=O)c1cc2c(OCc3ccccc3)ccc(N3C[C@@H](C)n4c(c(CCCOc5cc(C)c(Cl)c(C)c5)c5ccc(Cl)c(-c6c(C)nn(C)c6C)c54)C3=O)c2n1C. The van der Waals surface area contributed by atoms with E-state index in [4.69, 9.17) is 42.5 Å². The van der Waals surface area contributed by atoms with Gasteiger partial charge in [-0.3, -0.25) is 9.48 Å². The van der Waals surface area contributed by atoms with Crippen LogP contribution in [0.4, 0.5) is 5.69 Å². The first-order valence-electron chi connectivity index (χ1n) is 19.7. The average molecular weight is 833 g/mol. The molecule has 0 unspecified atom stereocenters. The van der Waals surface area contributed by atoms with Gasteiger partial charge in [-0.15, -0.1) is 0 Å². The van der Waals surface area contributed by atoms with Crippen molar-refractivity contribution in [2.45, 2.75) is 60.1 Å². The van der Waals surface area contributed by atoms with Crippen LogP contribution in [0.1, 0.15) is 74.0 Å². The lowest BCUT2D eigenvalue weighted by Gasteiger charge is -2.35. The zero-order valence-electron chi connectivity index (χ0n) is 34.6. The second-order valence-corrected chi connectivity index (χ2v) is 16.3. The van der Waals surface area contributed by atoms with E-state index < -0.39 is 5.97 Å². The molecule has 3 aromatic heterocycles. The highest BCUT2D eigenvalue weighted by Crippen LogP contribution is 2.46. The molecule has 7 aromatic rings. The molecule has 304 valence electrons. The number of rotatable bonds is 11. The summed E-state index contributed by atoms with van der Waals surface area (Å²) >= 11 is 13.6. The van der Waals surface area contributed by atoms with E-state index >= 15 is 4.79 Å². The molecule has 8 rings (SSSR count). The molecule has 0 spiro atoms. The van der Waals surface area contributed by atoms with E-state index in [0.29, 0.717) is 71.4 Å². The predicted molar refractivity (Wildman–Crippen MR) is 235 cm³/mol. The van der Waals surface area contributed by atoms with E-state index in [-0.39, 0.29) is 11.9 Å². The molecule has 10 nitrogen and oxygen atoms in total. The number of carbonyl (C=O) groups is 2. The van der Waals surface area contributed by atoms with Crippen LogP contribution in [0.15, 0.2) is 72.8 Å². The third kappa shape index (κ3) is 6.92. The zero-order chi connectivity index (χ0) is 41.9. The number of aryl methyl sites for hydroxylation is 6. The van der Waals surface area contributed by atoms with E-state index in [1.807, 2.05) is 118 Å². The van der Waals surface area contributed by atoms with Crippen molar-refractivity contribution >= 4 is 62.6 Å². The fourth-order valence-corrected chi connectivity index (χ4v) is 9.10. The second-order valence-electron chi connectivity index (χ2n) is 15.5. The summed E-state index contributed by atoms with van der Waals surface area (Å²) < 4.78 is 23.7. The van der Waals surface area contributed by atoms with Gasteiger partial charge in [-0.25, -0.2) is 4.79 Å². The number of aromatic nitrogens is 4. The summed E-state index contributed by atoms with van der Waals surface area (Å²) in [4.78, 5) is 30.3. The van der Waals surface area contributed by atoms with Crippen LogP contribution in [0, 0.1) is 27.7 Å². The number of methoxy groups -OCH3 is 1. The van der Waals surface area contributed by atoms with E-state index in [2.05, 4.69) is 11.5 Å². The fraction of sp³-hybridized carbons (Fsp3) is 0.298. The van der Waals surface area contributed by atoms with Crippen LogP contribution in [-0.4, -0.2) is 51.1 Å². The number of fused-ring (bicyclic) bond motifs is 4. The fourth-order valence-electron chi connectivity index (χ4n) is 8.74. The Kier molecular flexibility index (Phi) is 10.7. The van der Waals surface area contributed by atoms with Gasteiger partial charge < -0.3 is 28.2 Å². The third-order valence-electron chi connectivity index (χ3n) is 11.6. The van der Waals surface area contributed by atoms with E-state index in [9.17, 15) is 4.79 Å². The Morgan fingerprint density at radius 2 is 1.61 bits per heavy atom. The van der Waals surface area contributed by atoms with Gasteiger partial charge in [0.15, 0.2) is 0 Å². The molecule has 0 saturated heterocycles. The maximum atomic E-state index is 15.4. The Labute approximate surface area is 353 Å². The third-order valence-corrected chi connectivity index (χ3v) is 12.5. The largest absolute Gasteiger partial charge is 0.494 e. The van der Waals surface area contributed by atoms with Gasteiger partial charge >= 0.3 is 5.97 Å². The molecule has 4 heterocycles. The molecule has 1 amide bonds. The number of hydrogen-bond acceptors (Lipinski definition) is 6. The monoisotopic (exact) mass is 831 g/mol. The van der Waals surface area contributed by atoms with Crippen LogP contribution < -0.4 is 14.4 Å². The molecule has 4 aromatic carbocycles. The molecule has 0 saturated carbocycles. The van der Waals surface area contributed by atoms with Crippen molar-refractivity contribution in [1.29, 1.82) is 0 Å². The van der Waals surface area contributed by atoms with Crippen LogP contribution in [0.25, 0.3) is 32.9 Å². The van der Waals surface area contributed by atoms with Crippen LogP contribution in [0.5, 0.6) is 11.5 Å². The maximum absolute atomic E-state index is 15.4. The normalized spacial score (nSPS) is 14.0. The van der Waals surface area contributed by atoms with Gasteiger partial charge in [-0.2, -0.15) is 5.10 Å². The van der Waals surface area contributed by atoms with Gasteiger partial charge in [-0.1, -0.05) is 59.6 Å². The minimum absolute atomic E-state index is 0.152. The number of anilines is 1. The highest BCUT2D eigenvalue weighted by atomic mass is 35.5. The van der Waals surface area contributed by atoms with Crippen molar-refractivity contribution in [2.24, 2.45) is 14.1 Å². The summed E-state index contributed by atoms with van der Waals surface area (Å²) in [5.74, 6) is 0.717. The van der Waals surface area contributed by atoms with Gasteiger partial charge in [0.1, 0.15) is 29.5 Å². The molecule has 0 aliphatic carbocycles. The van der Waals surface area contributed by atoms with Crippen molar-refractivity contribution in [3.8, 4) is 22.6 Å². The van der Waals surface area contributed by atoms with Gasteiger partial charge in [0.2, 0.25) is 0 Å². The quantitative estimate of drug-likeness (QED) is 0.0952. The molecule has 1 aliphatic heterocycles. The van der Waals surface area contributed by atoms with Crippen molar-refractivity contribution in [1.82, 2.24) is 18.9 Å². The molecule has 0 N–H and O–H groups in total. The van der Waals surface area contributed by atoms with E-state index in [0.717, 1.165) is 66.4 Å². The predicted octanol–water partition coefficient (Wildman–Crippen LogP) is 10.7. The maximum Gasteiger partial charge on any atom is 0.354 e. The highest BCUT2D eigenvalue weighted by molar-refractivity contribution is 6.35. The van der Waals surface area contributed by atoms with Crippen LogP contribution in [-0.2, 0) is 31.9 Å². The number of nitrogens with zero attached hydrogens (tertiary/aromatic N) is 5. The lowest BCUT2D eigenvalue weighted by Crippen LogP contribution is -2.43. The first-order chi connectivity index (χ1) is 28.3.